The normalized spacial score (nSPS) is 9.63. The zero-order valence-corrected chi connectivity index (χ0v) is 11.3. The predicted molar refractivity (Wildman–Crippen MR) is 74.9 cm³/mol. The molecule has 2 N–H and O–H groups in total. The van der Waals surface area contributed by atoms with Gasteiger partial charge in [-0.05, 0) is 31.0 Å². The summed E-state index contributed by atoms with van der Waals surface area (Å²) in [4.78, 5) is 11.8. The summed E-state index contributed by atoms with van der Waals surface area (Å²) < 4.78 is 4.91. The van der Waals surface area contributed by atoms with Crippen LogP contribution in [0.1, 0.15) is 24.0 Å². The largest absolute Gasteiger partial charge is 0.385 e. The third-order valence-corrected chi connectivity index (χ3v) is 2.50. The number of aryl methyl sites for hydroxylation is 1. The Bertz CT molecular complexity index is 486. The number of ether oxygens (including phenoxy) is 1. The van der Waals surface area contributed by atoms with E-state index in [1.165, 1.54) is 0 Å². The second kappa shape index (κ2) is 8.30. The fraction of sp³-hybridized carbons (Fsp3) is 0.400. The van der Waals surface area contributed by atoms with Gasteiger partial charge in [-0.1, -0.05) is 17.9 Å². The number of rotatable bonds is 5. The highest BCUT2D eigenvalue weighted by Crippen LogP contribution is 2.17. The first-order chi connectivity index (χ1) is 9.17. The van der Waals surface area contributed by atoms with Crippen LogP contribution in [0.4, 0.5) is 5.69 Å². The number of benzene rings is 1. The minimum atomic E-state index is -0.199. The van der Waals surface area contributed by atoms with Gasteiger partial charge in [-0.15, -0.1) is 0 Å². The van der Waals surface area contributed by atoms with E-state index in [4.69, 9.17) is 9.84 Å². The Labute approximate surface area is 113 Å². The molecule has 0 saturated carbocycles. The Balaban J connectivity index is 2.75. The van der Waals surface area contributed by atoms with Gasteiger partial charge in [0, 0.05) is 25.7 Å². The number of carbonyl (C=O) groups excluding carboxylic acids is 1. The van der Waals surface area contributed by atoms with E-state index >= 15 is 0 Å². The highest BCUT2D eigenvalue weighted by molar-refractivity contribution is 5.92. The fourth-order valence-electron chi connectivity index (χ4n) is 1.60. The number of aliphatic hydroxyl groups is 1. The molecule has 19 heavy (non-hydrogen) atoms. The van der Waals surface area contributed by atoms with Gasteiger partial charge < -0.3 is 15.2 Å². The molecular formula is C15H19NO3. The monoisotopic (exact) mass is 261 g/mol. The van der Waals surface area contributed by atoms with Gasteiger partial charge in [0.2, 0.25) is 5.91 Å². The van der Waals surface area contributed by atoms with Crippen molar-refractivity contribution in [2.45, 2.75) is 19.8 Å². The number of methoxy groups -OCH3 is 1. The molecule has 0 bridgehead atoms. The smallest absolute Gasteiger partial charge is 0.224 e. The molecule has 0 aliphatic rings. The van der Waals surface area contributed by atoms with Crippen LogP contribution < -0.4 is 5.32 Å². The van der Waals surface area contributed by atoms with Crippen molar-refractivity contribution in [1.29, 1.82) is 0 Å². The lowest BCUT2D eigenvalue weighted by Gasteiger charge is -2.08. The molecular weight excluding hydrogens is 242 g/mol. The molecule has 0 atom stereocenters. The molecule has 0 fully saturated rings. The number of hydrogen-bond donors (Lipinski definition) is 2. The Hall–Kier alpha value is -1.83. The number of hydrogen-bond acceptors (Lipinski definition) is 3. The van der Waals surface area contributed by atoms with Crippen LogP contribution in [-0.4, -0.2) is 31.3 Å². The molecule has 0 unspecified atom stereocenters. The minimum absolute atomic E-state index is 0.0605. The quantitative estimate of drug-likeness (QED) is 0.626. The van der Waals surface area contributed by atoms with Crippen LogP contribution >= 0.6 is 0 Å². The molecule has 4 nitrogen and oxygen atoms in total. The number of nitrogens with one attached hydrogen (secondary N) is 1. The van der Waals surface area contributed by atoms with Crippen LogP contribution in [0.3, 0.4) is 0 Å². The van der Waals surface area contributed by atoms with Crippen molar-refractivity contribution < 1.29 is 14.6 Å². The van der Waals surface area contributed by atoms with Gasteiger partial charge in [-0.25, -0.2) is 0 Å². The second-order valence-corrected chi connectivity index (χ2v) is 4.15. The van der Waals surface area contributed by atoms with Crippen molar-refractivity contribution in [2.24, 2.45) is 0 Å². The number of anilines is 1. The van der Waals surface area contributed by atoms with Gasteiger partial charge in [-0.3, -0.25) is 4.79 Å². The van der Waals surface area contributed by atoms with E-state index < -0.39 is 0 Å². The van der Waals surface area contributed by atoms with Crippen molar-refractivity contribution >= 4 is 11.6 Å². The zero-order valence-electron chi connectivity index (χ0n) is 11.3. The lowest BCUT2D eigenvalue weighted by atomic mass is 10.1. The van der Waals surface area contributed by atoms with E-state index in [2.05, 4.69) is 17.2 Å². The van der Waals surface area contributed by atoms with E-state index in [1.807, 2.05) is 25.1 Å². The van der Waals surface area contributed by atoms with E-state index in [-0.39, 0.29) is 12.5 Å². The SMILES string of the molecule is COCCCC(=O)Nc1cc(C)ccc1C#CCO. The summed E-state index contributed by atoms with van der Waals surface area (Å²) in [7, 11) is 1.61. The molecule has 1 aromatic carbocycles. The van der Waals surface area contributed by atoms with Crippen molar-refractivity contribution in [3.63, 3.8) is 0 Å². The minimum Gasteiger partial charge on any atom is -0.385 e. The Morgan fingerprint density at radius 1 is 1.47 bits per heavy atom. The average molecular weight is 261 g/mol. The summed E-state index contributed by atoms with van der Waals surface area (Å²) in [6.45, 7) is 2.32. The second-order valence-electron chi connectivity index (χ2n) is 4.15. The summed E-state index contributed by atoms with van der Waals surface area (Å²) in [5.74, 6) is 5.35. The summed E-state index contributed by atoms with van der Waals surface area (Å²) in [6, 6.07) is 5.63. The fourth-order valence-corrected chi connectivity index (χ4v) is 1.60. The number of amides is 1. The summed E-state index contributed by atoms with van der Waals surface area (Å²) in [5, 5.41) is 11.6. The maximum Gasteiger partial charge on any atom is 0.224 e. The van der Waals surface area contributed by atoms with Crippen LogP contribution in [0.15, 0.2) is 18.2 Å². The van der Waals surface area contributed by atoms with E-state index in [1.54, 1.807) is 7.11 Å². The molecule has 0 radical (unpaired) electrons. The molecule has 1 aromatic rings. The van der Waals surface area contributed by atoms with Crippen molar-refractivity contribution in [3.05, 3.63) is 29.3 Å². The highest BCUT2D eigenvalue weighted by Gasteiger charge is 2.06. The van der Waals surface area contributed by atoms with Crippen LogP contribution in [0.25, 0.3) is 0 Å². The first-order valence-electron chi connectivity index (χ1n) is 6.16. The molecule has 1 rings (SSSR count). The highest BCUT2D eigenvalue weighted by atomic mass is 16.5. The number of carbonyl (C=O) groups is 1. The first-order valence-corrected chi connectivity index (χ1v) is 6.16. The van der Waals surface area contributed by atoms with Gasteiger partial charge in [0.1, 0.15) is 6.61 Å². The van der Waals surface area contributed by atoms with Crippen LogP contribution in [0.2, 0.25) is 0 Å². The lowest BCUT2D eigenvalue weighted by molar-refractivity contribution is -0.116. The zero-order chi connectivity index (χ0) is 14.1. The summed E-state index contributed by atoms with van der Waals surface area (Å²) in [5.41, 5.74) is 2.44. The van der Waals surface area contributed by atoms with Crippen molar-refractivity contribution in [2.75, 3.05) is 25.6 Å². The van der Waals surface area contributed by atoms with Gasteiger partial charge in [-0.2, -0.15) is 0 Å². The van der Waals surface area contributed by atoms with Crippen molar-refractivity contribution in [3.8, 4) is 11.8 Å². The van der Waals surface area contributed by atoms with E-state index in [0.29, 0.717) is 30.7 Å². The maximum atomic E-state index is 11.8. The summed E-state index contributed by atoms with van der Waals surface area (Å²) >= 11 is 0. The van der Waals surface area contributed by atoms with Crippen LogP contribution in [0, 0.1) is 18.8 Å². The Kier molecular flexibility index (Phi) is 6.65. The molecule has 1 amide bonds. The Morgan fingerprint density at radius 2 is 2.26 bits per heavy atom. The number of aliphatic hydroxyl groups excluding tert-OH is 1. The third kappa shape index (κ3) is 5.56. The van der Waals surface area contributed by atoms with Gasteiger partial charge in [0.05, 0.1) is 5.69 Å². The molecule has 0 aliphatic carbocycles. The molecule has 0 aromatic heterocycles. The summed E-state index contributed by atoms with van der Waals surface area (Å²) in [6.07, 6.45) is 1.10. The molecule has 102 valence electrons. The molecule has 0 aliphatic heterocycles. The Morgan fingerprint density at radius 3 is 2.95 bits per heavy atom. The van der Waals surface area contributed by atoms with Crippen LogP contribution in [-0.2, 0) is 9.53 Å². The van der Waals surface area contributed by atoms with Gasteiger partial charge in [0.15, 0.2) is 0 Å². The maximum absolute atomic E-state index is 11.8. The van der Waals surface area contributed by atoms with E-state index in [9.17, 15) is 4.79 Å². The standard InChI is InChI=1S/C15H19NO3/c1-12-7-8-13(5-3-9-17)14(11-12)16-15(18)6-4-10-19-2/h7-8,11,17H,4,6,9-10H2,1-2H3,(H,16,18). The first kappa shape index (κ1) is 15.2. The van der Waals surface area contributed by atoms with Gasteiger partial charge >= 0.3 is 0 Å². The average Bonchev–Trinajstić information content (AvgIpc) is 2.38. The molecule has 0 heterocycles. The molecule has 0 spiro atoms. The van der Waals surface area contributed by atoms with Crippen molar-refractivity contribution in [1.82, 2.24) is 0 Å². The van der Waals surface area contributed by atoms with Crippen LogP contribution in [0.5, 0.6) is 0 Å². The lowest BCUT2D eigenvalue weighted by Crippen LogP contribution is -2.13. The topological polar surface area (TPSA) is 58.6 Å². The molecule has 0 saturated heterocycles. The molecule has 4 heteroatoms. The van der Waals surface area contributed by atoms with Gasteiger partial charge in [0.25, 0.3) is 0 Å². The predicted octanol–water partition coefficient (Wildman–Crippen LogP) is 1.70. The van der Waals surface area contributed by atoms with E-state index in [0.717, 1.165) is 5.56 Å². The third-order valence-electron chi connectivity index (χ3n) is 2.50.